The smallest absolute Gasteiger partial charge is 0.192 e. The second-order valence-corrected chi connectivity index (χ2v) is 15.3. The van der Waals surface area contributed by atoms with E-state index >= 15 is 0 Å². The van der Waals surface area contributed by atoms with Crippen LogP contribution in [0.1, 0.15) is 72.8 Å². The third kappa shape index (κ3) is 6.21. The van der Waals surface area contributed by atoms with Gasteiger partial charge in [0.15, 0.2) is 25.3 Å². The predicted octanol–water partition coefficient (Wildman–Crippen LogP) is 7.49. The van der Waals surface area contributed by atoms with Gasteiger partial charge in [0.1, 0.15) is 6.33 Å². The molecule has 0 aliphatic rings. The first-order chi connectivity index (χ1) is 15.6. The van der Waals surface area contributed by atoms with Crippen molar-refractivity contribution in [1.29, 1.82) is 0 Å². The largest absolute Gasteiger partial charge is 0.412 e. The maximum atomic E-state index is 6.97. The van der Waals surface area contributed by atoms with Gasteiger partial charge in [-0.1, -0.05) is 71.6 Å². The Hall–Kier alpha value is -2.25. The molecule has 0 fully saturated rings. The van der Waals surface area contributed by atoms with Crippen LogP contribution in [-0.4, -0.2) is 33.9 Å². The third-order valence-electron chi connectivity index (χ3n) is 6.97. The van der Waals surface area contributed by atoms with Crippen molar-refractivity contribution in [2.75, 3.05) is 5.32 Å². The first-order valence-corrected chi connectivity index (χ1v) is 15.2. The zero-order chi connectivity index (χ0) is 24.1. The van der Waals surface area contributed by atoms with Crippen molar-refractivity contribution in [3.05, 3.63) is 43.0 Å². The molecule has 2 aromatic heterocycles. The second kappa shape index (κ2) is 10.8. The molecule has 33 heavy (non-hydrogen) atoms. The summed E-state index contributed by atoms with van der Waals surface area (Å²) in [5.74, 6) is 0.724. The number of benzene rings is 1. The predicted molar refractivity (Wildman–Crippen MR) is 141 cm³/mol. The van der Waals surface area contributed by atoms with E-state index in [-0.39, 0.29) is 17.2 Å². The highest BCUT2D eigenvalue weighted by Crippen LogP contribution is 2.39. The van der Waals surface area contributed by atoms with Gasteiger partial charge in [0.25, 0.3) is 0 Å². The molecule has 0 saturated carbocycles. The molecule has 1 N–H and O–H groups in total. The van der Waals surface area contributed by atoms with Gasteiger partial charge in [-0.3, -0.25) is 0 Å². The summed E-state index contributed by atoms with van der Waals surface area (Å²) in [7, 11) is -1.92. The number of aromatic nitrogens is 4. The first-order valence-electron chi connectivity index (χ1n) is 12.3. The molecule has 6 nitrogen and oxygen atoms in total. The number of para-hydroxylation sites is 1. The summed E-state index contributed by atoms with van der Waals surface area (Å²) < 4.78 is 9.15. The highest BCUT2D eigenvalue weighted by molar-refractivity contribution is 6.74. The first kappa shape index (κ1) is 25.4. The summed E-state index contributed by atoms with van der Waals surface area (Å²) in [4.78, 5) is 13.8. The van der Waals surface area contributed by atoms with Crippen LogP contribution < -0.4 is 5.32 Å². The summed E-state index contributed by atoms with van der Waals surface area (Å²) >= 11 is 0. The van der Waals surface area contributed by atoms with E-state index in [0.717, 1.165) is 29.1 Å². The van der Waals surface area contributed by atoms with Gasteiger partial charge in [0.05, 0.1) is 18.5 Å². The average molecular weight is 468 g/mol. The molecule has 0 aliphatic carbocycles. The minimum Gasteiger partial charge on any atom is -0.412 e. The minimum atomic E-state index is -1.92. The number of nitrogens with zero attached hydrogens (tertiary/aromatic N) is 4. The summed E-state index contributed by atoms with van der Waals surface area (Å²) in [6.07, 6.45) is 9.63. The van der Waals surface area contributed by atoms with Gasteiger partial charge < -0.3 is 14.3 Å². The van der Waals surface area contributed by atoms with E-state index in [4.69, 9.17) is 9.41 Å². The third-order valence-corrected chi connectivity index (χ3v) is 11.5. The van der Waals surface area contributed by atoms with Crippen molar-refractivity contribution in [3.8, 4) is 0 Å². The van der Waals surface area contributed by atoms with Crippen molar-refractivity contribution in [2.45, 2.75) is 97.0 Å². The van der Waals surface area contributed by atoms with E-state index in [1.165, 1.54) is 25.7 Å². The molecule has 0 aliphatic heterocycles. The van der Waals surface area contributed by atoms with Gasteiger partial charge in [0.2, 0.25) is 0 Å². The lowest BCUT2D eigenvalue weighted by Crippen LogP contribution is -2.45. The highest BCUT2D eigenvalue weighted by Gasteiger charge is 2.40. The number of hydrogen-bond donors (Lipinski definition) is 1. The molecule has 3 rings (SSSR count). The van der Waals surface area contributed by atoms with E-state index in [1.54, 1.807) is 6.33 Å². The zero-order valence-corrected chi connectivity index (χ0v) is 22.4. The van der Waals surface area contributed by atoms with Gasteiger partial charge in [-0.15, -0.1) is 0 Å². The monoisotopic (exact) mass is 467 g/mol. The van der Waals surface area contributed by atoms with Gasteiger partial charge in [-0.25, -0.2) is 15.0 Å². The number of anilines is 2. The number of unbranched alkanes of at least 4 members (excludes halogenated alkanes) is 3. The van der Waals surface area contributed by atoms with Crippen LogP contribution in [0.2, 0.25) is 18.1 Å². The molecule has 2 atom stereocenters. The van der Waals surface area contributed by atoms with E-state index in [9.17, 15) is 0 Å². The van der Waals surface area contributed by atoms with E-state index < -0.39 is 8.32 Å². The lowest BCUT2D eigenvalue weighted by molar-refractivity contribution is 0.118. The second-order valence-electron chi connectivity index (χ2n) is 10.5. The Labute approximate surface area is 200 Å². The Balaban J connectivity index is 1.89. The molecular formula is C26H41N5OSi. The van der Waals surface area contributed by atoms with Crippen molar-refractivity contribution < 1.29 is 4.43 Å². The molecule has 3 aromatic rings. The van der Waals surface area contributed by atoms with Crippen LogP contribution in [0.15, 0.2) is 43.0 Å². The summed E-state index contributed by atoms with van der Waals surface area (Å²) in [6.45, 7) is 16.1. The van der Waals surface area contributed by atoms with E-state index in [2.05, 4.69) is 67.6 Å². The maximum absolute atomic E-state index is 6.97. The molecule has 0 radical (unpaired) electrons. The van der Waals surface area contributed by atoms with E-state index in [1.807, 2.05) is 36.7 Å². The summed E-state index contributed by atoms with van der Waals surface area (Å²) in [5, 5.41) is 3.55. The molecular weight excluding hydrogens is 426 g/mol. The van der Waals surface area contributed by atoms with Crippen LogP contribution in [0.25, 0.3) is 11.2 Å². The molecule has 180 valence electrons. The van der Waals surface area contributed by atoms with Crippen LogP contribution in [-0.2, 0) is 4.43 Å². The SMILES string of the molecule is CCCCCC[C@@H](O[Si](C)(C)C(C)(C)C)[C@@H](C)n1cnc2c(Nc3ccccc3)ncnc21. The molecule has 0 spiro atoms. The number of fused-ring (bicyclic) bond motifs is 1. The Morgan fingerprint density at radius 1 is 1.03 bits per heavy atom. The standard InChI is InChI=1S/C26H41N5OSi/c1-8-9-10-14-17-22(32-33(6,7)26(3,4)5)20(2)31-19-29-23-24(27-18-28-25(23)31)30-21-15-12-11-13-16-21/h11-13,15-16,18-20,22H,8-10,14,17H2,1-7H3,(H,27,28,30)/t20-,22-/m1/s1. The van der Waals surface area contributed by atoms with Crippen LogP contribution in [0.5, 0.6) is 0 Å². The lowest BCUT2D eigenvalue weighted by Gasteiger charge is -2.41. The normalized spacial score (nSPS) is 14.4. The van der Waals surface area contributed by atoms with Gasteiger partial charge in [-0.2, -0.15) is 0 Å². The molecule has 2 heterocycles. The van der Waals surface area contributed by atoms with Gasteiger partial charge in [0, 0.05) is 5.69 Å². The fourth-order valence-corrected chi connectivity index (χ4v) is 5.23. The molecule has 7 heteroatoms. The molecule has 0 bridgehead atoms. The molecule has 1 aromatic carbocycles. The summed E-state index contributed by atoms with van der Waals surface area (Å²) in [5.41, 5.74) is 2.61. The number of imidazole rings is 1. The van der Waals surface area contributed by atoms with Crippen LogP contribution in [0, 0.1) is 0 Å². The summed E-state index contributed by atoms with van der Waals surface area (Å²) in [6, 6.07) is 10.2. The Morgan fingerprint density at radius 3 is 2.42 bits per heavy atom. The Bertz CT molecular complexity index is 1010. The highest BCUT2D eigenvalue weighted by atomic mass is 28.4. The van der Waals surface area contributed by atoms with Crippen LogP contribution in [0.4, 0.5) is 11.5 Å². The Morgan fingerprint density at radius 2 is 1.76 bits per heavy atom. The van der Waals surface area contributed by atoms with Crippen LogP contribution in [0.3, 0.4) is 0 Å². The van der Waals surface area contributed by atoms with Crippen molar-refractivity contribution in [1.82, 2.24) is 19.5 Å². The fraction of sp³-hybridized carbons (Fsp3) is 0.577. The van der Waals surface area contributed by atoms with E-state index in [0.29, 0.717) is 0 Å². The number of rotatable bonds is 11. The fourth-order valence-electron chi connectivity index (χ4n) is 3.80. The van der Waals surface area contributed by atoms with Gasteiger partial charge in [-0.05, 0) is 43.6 Å². The minimum absolute atomic E-state index is 0.126. The lowest BCUT2D eigenvalue weighted by atomic mass is 10.0. The topological polar surface area (TPSA) is 64.9 Å². The average Bonchev–Trinajstić information content (AvgIpc) is 3.20. The van der Waals surface area contributed by atoms with Crippen molar-refractivity contribution >= 4 is 31.0 Å². The molecule has 0 amide bonds. The van der Waals surface area contributed by atoms with Crippen molar-refractivity contribution in [3.63, 3.8) is 0 Å². The maximum Gasteiger partial charge on any atom is 0.192 e. The number of nitrogens with one attached hydrogen (secondary N) is 1. The zero-order valence-electron chi connectivity index (χ0n) is 21.4. The molecule has 0 saturated heterocycles. The van der Waals surface area contributed by atoms with Crippen LogP contribution >= 0.6 is 0 Å². The van der Waals surface area contributed by atoms with Crippen molar-refractivity contribution in [2.24, 2.45) is 0 Å². The number of hydrogen-bond acceptors (Lipinski definition) is 5. The van der Waals surface area contributed by atoms with Gasteiger partial charge >= 0.3 is 0 Å². The quantitative estimate of drug-likeness (QED) is 0.234. The Kier molecular flexibility index (Phi) is 8.29. The molecule has 0 unspecified atom stereocenters.